The Kier molecular flexibility index (Phi) is 33.1. The Balaban J connectivity index is 1.62. The van der Waals surface area contributed by atoms with E-state index in [2.05, 4.69) is 13.8 Å². The molecular weight excluding hydrogens is 709 g/mol. The second kappa shape index (κ2) is 36.5. The van der Waals surface area contributed by atoms with Crippen LogP contribution in [0.25, 0.3) is 0 Å². The first-order chi connectivity index (χ1) is 27.9. The van der Waals surface area contributed by atoms with Crippen molar-refractivity contribution in [3.05, 3.63) is 11.6 Å². The summed E-state index contributed by atoms with van der Waals surface area (Å²) in [5, 5.41) is 11.0. The Hall–Kier alpha value is -1.40. The molecule has 2 aliphatic heterocycles. The van der Waals surface area contributed by atoms with E-state index >= 15 is 0 Å². The molecule has 1 fully saturated rings. The summed E-state index contributed by atoms with van der Waals surface area (Å²) in [6, 6.07) is 0. The molecule has 0 aliphatic carbocycles. The zero-order chi connectivity index (χ0) is 41.0. The Morgan fingerprint density at radius 1 is 0.596 bits per heavy atom. The number of carbonyl (C=O) groups excluding carboxylic acids is 2. The molecule has 0 aromatic heterocycles. The van der Waals surface area contributed by atoms with E-state index in [1.54, 1.807) is 0 Å². The third-order valence-corrected chi connectivity index (χ3v) is 12.7. The number of esters is 2. The van der Waals surface area contributed by atoms with Crippen LogP contribution >= 0.6 is 0 Å². The average molecular weight is 803 g/mol. The first-order valence-corrected chi connectivity index (χ1v) is 25.4. The van der Waals surface area contributed by atoms with Crippen molar-refractivity contribution in [3.8, 4) is 0 Å². The van der Waals surface area contributed by atoms with Crippen molar-refractivity contribution >= 4 is 11.9 Å². The van der Waals surface area contributed by atoms with Gasteiger partial charge in [0.05, 0.1) is 18.3 Å². The average Bonchev–Trinajstić information content (AvgIpc) is 3.83. The number of aliphatic hydroxyl groups excluding tert-OH is 1. The maximum Gasteiger partial charge on any atom is 0.334 e. The van der Waals surface area contributed by atoms with Gasteiger partial charge in [0, 0.05) is 12.0 Å². The molecule has 0 unspecified atom stereocenters. The topological polar surface area (TPSA) is 82.1 Å². The van der Waals surface area contributed by atoms with Gasteiger partial charge in [-0.3, -0.25) is 4.79 Å². The summed E-state index contributed by atoms with van der Waals surface area (Å²) in [5.74, 6) is -0.180. The van der Waals surface area contributed by atoms with Gasteiger partial charge in [0.25, 0.3) is 0 Å². The van der Waals surface area contributed by atoms with E-state index in [1.165, 1.54) is 173 Å². The molecule has 1 N–H and O–H groups in total. The van der Waals surface area contributed by atoms with E-state index in [4.69, 9.17) is 14.2 Å². The van der Waals surface area contributed by atoms with Gasteiger partial charge in [-0.1, -0.05) is 206 Å². The van der Waals surface area contributed by atoms with Crippen LogP contribution in [-0.4, -0.2) is 47.6 Å². The van der Waals surface area contributed by atoms with Gasteiger partial charge in [-0.15, -0.1) is 0 Å². The monoisotopic (exact) mass is 803 g/mol. The Labute approximate surface area is 353 Å². The molecular formula is C51H94O6. The quantitative estimate of drug-likeness (QED) is 0.0490. The molecule has 0 amide bonds. The van der Waals surface area contributed by atoms with E-state index in [9.17, 15) is 14.7 Å². The highest BCUT2D eigenvalue weighted by atomic mass is 16.6. The summed E-state index contributed by atoms with van der Waals surface area (Å²) >= 11 is 0. The number of hydrogen-bond acceptors (Lipinski definition) is 6. The number of ether oxygens (including phenoxy) is 3. The summed E-state index contributed by atoms with van der Waals surface area (Å²) in [6.45, 7) is 6.48. The van der Waals surface area contributed by atoms with Crippen LogP contribution in [0.15, 0.2) is 11.6 Å². The maximum atomic E-state index is 13.1. The van der Waals surface area contributed by atoms with Crippen LogP contribution in [0, 0.1) is 0 Å². The minimum Gasteiger partial charge on any atom is -0.460 e. The molecule has 0 bridgehead atoms. The molecule has 0 spiro atoms. The van der Waals surface area contributed by atoms with Gasteiger partial charge in [0.15, 0.2) is 0 Å². The van der Waals surface area contributed by atoms with E-state index in [0.29, 0.717) is 6.42 Å². The van der Waals surface area contributed by atoms with Gasteiger partial charge in [-0.05, 0) is 64.4 Å². The molecule has 6 heteroatoms. The number of rotatable bonds is 41. The van der Waals surface area contributed by atoms with Crippen molar-refractivity contribution in [2.75, 3.05) is 0 Å². The van der Waals surface area contributed by atoms with Gasteiger partial charge in [0.2, 0.25) is 0 Å². The summed E-state index contributed by atoms with van der Waals surface area (Å²) in [5.41, 5.74) is 0.866. The van der Waals surface area contributed by atoms with E-state index in [1.807, 2.05) is 13.0 Å². The van der Waals surface area contributed by atoms with Crippen molar-refractivity contribution in [2.24, 2.45) is 0 Å². The number of carbonyl (C=O) groups is 2. The molecule has 57 heavy (non-hydrogen) atoms. The lowest BCUT2D eigenvalue weighted by molar-refractivity contribution is -0.160. The second-order valence-corrected chi connectivity index (χ2v) is 18.2. The predicted molar refractivity (Wildman–Crippen MR) is 240 cm³/mol. The summed E-state index contributed by atoms with van der Waals surface area (Å²) in [4.78, 5) is 24.9. The van der Waals surface area contributed by atoms with Crippen LogP contribution in [-0.2, 0) is 23.8 Å². The number of aliphatic hydroxyl groups is 1. The number of cyclic esters (lactones) is 1. The molecule has 0 saturated carbocycles. The van der Waals surface area contributed by atoms with Crippen molar-refractivity contribution in [1.82, 2.24) is 0 Å². The molecule has 5 atom stereocenters. The van der Waals surface area contributed by atoms with Crippen LogP contribution in [0.3, 0.4) is 0 Å². The second-order valence-electron chi connectivity index (χ2n) is 18.2. The Morgan fingerprint density at radius 2 is 1.00 bits per heavy atom. The normalized spacial score (nSPS) is 19.2. The first-order valence-electron chi connectivity index (χ1n) is 25.4. The molecule has 0 radical (unpaired) electrons. The van der Waals surface area contributed by atoms with Crippen molar-refractivity contribution in [3.63, 3.8) is 0 Å². The zero-order valence-electron chi connectivity index (χ0n) is 38.0. The van der Waals surface area contributed by atoms with Crippen LogP contribution < -0.4 is 0 Å². The molecule has 2 rings (SSSR count). The highest BCUT2D eigenvalue weighted by molar-refractivity contribution is 5.90. The molecule has 334 valence electrons. The third kappa shape index (κ3) is 27.9. The van der Waals surface area contributed by atoms with Gasteiger partial charge in [0.1, 0.15) is 12.2 Å². The highest BCUT2D eigenvalue weighted by Crippen LogP contribution is 2.30. The number of unbranched alkanes of at least 4 members (excludes halogenated alkanes) is 30. The standard InChI is InChI=1S/C51H94O6/c1-4-6-8-10-12-14-16-17-18-24-28-32-36-40-50(53)57-48(39-35-31-27-23-20-19-21-25-29-33-37-45-43-44(3)55-51(45)54)49-42-41-47(56-49)46(52)38-34-30-26-22-15-13-11-9-7-5-2/h43-44,46-49,52H,4-42H2,1-3H3/t44-,46+,47+,48+,49+/m0/s1. The lowest BCUT2D eigenvalue weighted by Crippen LogP contribution is -2.34. The fraction of sp³-hybridized carbons (Fsp3) is 0.922. The minimum atomic E-state index is -0.418. The molecule has 6 nitrogen and oxygen atoms in total. The van der Waals surface area contributed by atoms with E-state index < -0.39 is 6.10 Å². The van der Waals surface area contributed by atoms with Crippen LogP contribution in [0.1, 0.15) is 271 Å². The van der Waals surface area contributed by atoms with Gasteiger partial charge in [-0.25, -0.2) is 4.79 Å². The Morgan fingerprint density at radius 3 is 1.46 bits per heavy atom. The highest BCUT2D eigenvalue weighted by Gasteiger charge is 2.36. The third-order valence-electron chi connectivity index (χ3n) is 12.7. The first kappa shape index (κ1) is 51.7. The fourth-order valence-corrected chi connectivity index (χ4v) is 9.00. The van der Waals surface area contributed by atoms with Crippen LogP contribution in [0.2, 0.25) is 0 Å². The fourth-order valence-electron chi connectivity index (χ4n) is 9.00. The van der Waals surface area contributed by atoms with Gasteiger partial charge < -0.3 is 19.3 Å². The van der Waals surface area contributed by atoms with Gasteiger partial charge in [-0.2, -0.15) is 0 Å². The summed E-state index contributed by atoms with van der Waals surface area (Å²) in [7, 11) is 0. The van der Waals surface area contributed by atoms with E-state index in [0.717, 1.165) is 76.2 Å². The van der Waals surface area contributed by atoms with Gasteiger partial charge >= 0.3 is 11.9 Å². The predicted octanol–water partition coefficient (Wildman–Crippen LogP) is 15.2. The largest absolute Gasteiger partial charge is 0.460 e. The van der Waals surface area contributed by atoms with Crippen molar-refractivity contribution < 1.29 is 28.9 Å². The molecule has 2 heterocycles. The minimum absolute atomic E-state index is 0.0569. The van der Waals surface area contributed by atoms with Crippen molar-refractivity contribution in [1.29, 1.82) is 0 Å². The zero-order valence-corrected chi connectivity index (χ0v) is 38.0. The SMILES string of the molecule is CCCCCCCCCCCCCCCC(=O)O[C@H](CCCCCCCCCCCCC1=C[C@H](C)OC1=O)[C@H]1CC[C@H]([C@H](O)CCCCCCCCCCCC)O1. The Bertz CT molecular complexity index is 979. The number of hydrogen-bond donors (Lipinski definition) is 1. The van der Waals surface area contributed by atoms with Crippen molar-refractivity contribution in [2.45, 2.75) is 302 Å². The van der Waals surface area contributed by atoms with Crippen LogP contribution in [0.5, 0.6) is 0 Å². The lowest BCUT2D eigenvalue weighted by Gasteiger charge is -2.26. The molecule has 2 aliphatic rings. The maximum absolute atomic E-state index is 13.1. The van der Waals surface area contributed by atoms with Crippen LogP contribution in [0.4, 0.5) is 0 Å². The molecule has 0 aromatic rings. The molecule has 1 saturated heterocycles. The summed E-state index contributed by atoms with van der Waals surface area (Å²) in [6.07, 6.45) is 47.7. The summed E-state index contributed by atoms with van der Waals surface area (Å²) < 4.78 is 17.9. The van der Waals surface area contributed by atoms with E-state index in [-0.39, 0.29) is 36.4 Å². The smallest absolute Gasteiger partial charge is 0.334 e. The lowest BCUT2D eigenvalue weighted by atomic mass is 9.99. The molecule has 0 aromatic carbocycles.